The molecular weight excluding hydrogens is 404 g/mol. The van der Waals surface area contributed by atoms with Gasteiger partial charge in [-0.1, -0.05) is 23.7 Å². The van der Waals surface area contributed by atoms with Gasteiger partial charge >= 0.3 is 7.12 Å². The summed E-state index contributed by atoms with van der Waals surface area (Å²) in [5.74, 6) is 0.0794. The molecule has 4 nitrogen and oxygen atoms in total. The Kier molecular flexibility index (Phi) is 5.77. The summed E-state index contributed by atoms with van der Waals surface area (Å²) in [4.78, 5) is 2.33. The molecule has 0 radical (unpaired) electrons. The van der Waals surface area contributed by atoms with Gasteiger partial charge in [0.15, 0.2) is 0 Å². The Labute approximate surface area is 183 Å². The van der Waals surface area contributed by atoms with Crippen LogP contribution < -0.4 is 15.1 Å². The first-order chi connectivity index (χ1) is 14.1. The van der Waals surface area contributed by atoms with Crippen LogP contribution in [0.1, 0.15) is 40.5 Å². The predicted octanol–water partition coefficient (Wildman–Crippen LogP) is 4.83. The summed E-state index contributed by atoms with van der Waals surface area (Å²) < 4.78 is 31.7. The highest BCUT2D eigenvalue weighted by Gasteiger charge is 2.51. The second-order valence-corrected chi connectivity index (χ2v) is 9.47. The first-order valence-electron chi connectivity index (χ1n) is 10.5. The van der Waals surface area contributed by atoms with Crippen molar-refractivity contribution in [2.24, 2.45) is 0 Å². The van der Waals surface area contributed by atoms with Crippen molar-refractivity contribution in [1.82, 2.24) is 0 Å². The van der Waals surface area contributed by atoms with Crippen molar-refractivity contribution in [2.45, 2.75) is 57.8 Å². The molecule has 0 unspecified atom stereocenters. The molecule has 0 atom stereocenters. The lowest BCUT2D eigenvalue weighted by atomic mass is 9.79. The van der Waals surface area contributed by atoms with Crippen LogP contribution in [0.5, 0.6) is 5.75 Å². The van der Waals surface area contributed by atoms with Gasteiger partial charge in [-0.25, -0.2) is 4.39 Å². The zero-order chi connectivity index (χ0) is 21.5. The van der Waals surface area contributed by atoms with E-state index in [1.807, 2.05) is 0 Å². The van der Waals surface area contributed by atoms with E-state index in [9.17, 15) is 4.39 Å². The number of nitrogens with zero attached hydrogens (tertiary/aromatic N) is 1. The molecule has 2 saturated heterocycles. The summed E-state index contributed by atoms with van der Waals surface area (Å²) >= 11 is 6.12. The number of anilines is 1. The van der Waals surface area contributed by atoms with E-state index in [1.165, 1.54) is 18.2 Å². The summed E-state index contributed by atoms with van der Waals surface area (Å²) in [7, 11) is -0.348. The third-order valence-electron chi connectivity index (χ3n) is 6.41. The molecule has 0 saturated carbocycles. The highest BCUT2D eigenvalue weighted by Crippen LogP contribution is 2.36. The molecule has 2 aromatic carbocycles. The average Bonchev–Trinajstić information content (AvgIpc) is 2.93. The van der Waals surface area contributed by atoms with Crippen LogP contribution in [0.2, 0.25) is 5.02 Å². The van der Waals surface area contributed by atoms with E-state index < -0.39 is 0 Å². The van der Waals surface area contributed by atoms with Gasteiger partial charge in [0, 0.05) is 37.7 Å². The molecular formula is C23H28BClFNO3. The Morgan fingerprint density at radius 2 is 1.60 bits per heavy atom. The van der Waals surface area contributed by atoms with Crippen LogP contribution in [0.15, 0.2) is 42.5 Å². The molecule has 2 aliphatic heterocycles. The van der Waals surface area contributed by atoms with Gasteiger partial charge in [0.25, 0.3) is 0 Å². The van der Waals surface area contributed by atoms with Crippen molar-refractivity contribution in [3.8, 4) is 5.75 Å². The smallest absolute Gasteiger partial charge is 0.489 e. The molecule has 0 amide bonds. The molecule has 4 rings (SSSR count). The lowest BCUT2D eigenvalue weighted by Crippen LogP contribution is -2.41. The zero-order valence-electron chi connectivity index (χ0n) is 18.0. The van der Waals surface area contributed by atoms with Crippen LogP contribution >= 0.6 is 11.6 Å². The fraction of sp³-hybridized carbons (Fsp3) is 0.478. The van der Waals surface area contributed by atoms with E-state index in [2.05, 4.69) is 56.9 Å². The van der Waals surface area contributed by atoms with Gasteiger partial charge in [0.05, 0.1) is 16.2 Å². The number of benzene rings is 2. The van der Waals surface area contributed by atoms with E-state index in [1.54, 1.807) is 0 Å². The fourth-order valence-corrected chi connectivity index (χ4v) is 3.96. The maximum Gasteiger partial charge on any atom is 0.494 e. The molecule has 2 aliphatic rings. The van der Waals surface area contributed by atoms with Crippen LogP contribution in [-0.2, 0) is 9.31 Å². The van der Waals surface area contributed by atoms with Gasteiger partial charge < -0.3 is 18.9 Å². The normalized spacial score (nSPS) is 21.1. The Morgan fingerprint density at radius 1 is 1.00 bits per heavy atom. The number of rotatable bonds is 4. The maximum atomic E-state index is 13.4. The Hall–Kier alpha value is -1.76. The van der Waals surface area contributed by atoms with E-state index in [0.29, 0.717) is 10.8 Å². The van der Waals surface area contributed by atoms with Crippen LogP contribution in [0.25, 0.3) is 0 Å². The molecule has 0 spiro atoms. The van der Waals surface area contributed by atoms with E-state index in [4.69, 9.17) is 25.6 Å². The van der Waals surface area contributed by atoms with Crippen molar-refractivity contribution in [1.29, 1.82) is 0 Å². The minimum absolute atomic E-state index is 0.0320. The molecule has 0 aromatic heterocycles. The van der Waals surface area contributed by atoms with Crippen molar-refractivity contribution in [3.05, 3.63) is 53.3 Å². The molecule has 160 valence electrons. The number of hydrogen-bond donors (Lipinski definition) is 0. The van der Waals surface area contributed by atoms with Crippen molar-refractivity contribution in [2.75, 3.05) is 18.0 Å². The minimum Gasteiger partial charge on any atom is -0.489 e. The van der Waals surface area contributed by atoms with Gasteiger partial charge in [-0.05, 0) is 57.4 Å². The second kappa shape index (κ2) is 8.06. The highest BCUT2D eigenvalue weighted by atomic mass is 35.5. The molecule has 0 aliphatic carbocycles. The van der Waals surface area contributed by atoms with Gasteiger partial charge in [-0.15, -0.1) is 0 Å². The summed E-state index contributed by atoms with van der Waals surface area (Å²) in [5.41, 5.74) is 1.50. The van der Waals surface area contributed by atoms with Gasteiger partial charge in [-0.3, -0.25) is 0 Å². The van der Waals surface area contributed by atoms with Gasteiger partial charge in [0.2, 0.25) is 0 Å². The SMILES string of the molecule is CC1(C)OB(c2ccc(N3CCC(Oc4cc(F)ccc4Cl)CC3)cc2)OC1(C)C. The first-order valence-corrected chi connectivity index (χ1v) is 10.8. The highest BCUT2D eigenvalue weighted by molar-refractivity contribution is 6.62. The lowest BCUT2D eigenvalue weighted by molar-refractivity contribution is 0.00578. The molecule has 30 heavy (non-hydrogen) atoms. The molecule has 0 N–H and O–H groups in total. The van der Waals surface area contributed by atoms with Gasteiger partial charge in [-0.2, -0.15) is 0 Å². The average molecular weight is 432 g/mol. The van der Waals surface area contributed by atoms with E-state index in [0.717, 1.165) is 37.1 Å². The fourth-order valence-electron chi connectivity index (χ4n) is 3.80. The summed E-state index contributed by atoms with van der Waals surface area (Å²) in [6.07, 6.45) is 1.74. The van der Waals surface area contributed by atoms with Crippen LogP contribution in [0.3, 0.4) is 0 Å². The maximum absolute atomic E-state index is 13.4. The predicted molar refractivity (Wildman–Crippen MR) is 119 cm³/mol. The topological polar surface area (TPSA) is 30.9 Å². The zero-order valence-corrected chi connectivity index (χ0v) is 18.7. The van der Waals surface area contributed by atoms with Crippen molar-refractivity contribution < 1.29 is 18.4 Å². The Balaban J connectivity index is 1.35. The summed E-state index contributed by atoms with van der Waals surface area (Å²) in [5, 5.41) is 0.442. The standard InChI is InChI=1S/C23H28BClFNO3/c1-22(2)23(3,4)30-24(29-22)16-5-8-18(9-6-16)27-13-11-19(12-14-27)28-21-15-17(26)7-10-20(21)25/h5-10,15,19H,11-14H2,1-4H3. The largest absolute Gasteiger partial charge is 0.494 e. The molecule has 2 fully saturated rings. The second-order valence-electron chi connectivity index (χ2n) is 9.06. The van der Waals surface area contributed by atoms with Crippen LogP contribution in [0.4, 0.5) is 10.1 Å². The number of ether oxygens (including phenoxy) is 1. The third kappa shape index (κ3) is 4.32. The van der Waals surface area contributed by atoms with E-state index >= 15 is 0 Å². The number of hydrogen-bond acceptors (Lipinski definition) is 4. The lowest BCUT2D eigenvalue weighted by Gasteiger charge is -2.34. The van der Waals surface area contributed by atoms with Crippen LogP contribution in [-0.4, -0.2) is 37.5 Å². The molecule has 2 aromatic rings. The number of piperidine rings is 1. The quantitative estimate of drug-likeness (QED) is 0.649. The summed E-state index contributed by atoms with van der Waals surface area (Å²) in [6.45, 7) is 9.98. The monoisotopic (exact) mass is 431 g/mol. The van der Waals surface area contributed by atoms with Gasteiger partial charge in [0.1, 0.15) is 17.7 Å². The molecule has 7 heteroatoms. The van der Waals surface area contributed by atoms with Crippen molar-refractivity contribution >= 4 is 29.9 Å². The number of halogens is 2. The Bertz CT molecular complexity index is 882. The first kappa shape index (κ1) is 21.5. The van der Waals surface area contributed by atoms with Crippen molar-refractivity contribution in [3.63, 3.8) is 0 Å². The summed E-state index contributed by atoms with van der Waals surface area (Å²) in [6, 6.07) is 12.6. The third-order valence-corrected chi connectivity index (χ3v) is 6.72. The minimum atomic E-state index is -0.348. The molecule has 2 heterocycles. The van der Waals surface area contributed by atoms with Crippen LogP contribution in [0, 0.1) is 5.82 Å². The Morgan fingerprint density at radius 3 is 2.20 bits per heavy atom. The molecule has 0 bridgehead atoms. The van der Waals surface area contributed by atoms with E-state index in [-0.39, 0.29) is 30.2 Å².